The molecular formula is C24H23N3OS. The minimum atomic E-state index is -0.531. The molecule has 0 unspecified atom stereocenters. The number of benzene rings is 2. The summed E-state index contributed by atoms with van der Waals surface area (Å²) in [5.74, 6) is -0.139. The van der Waals surface area contributed by atoms with Gasteiger partial charge >= 0.3 is 0 Å². The molecule has 1 heterocycles. The molecule has 0 saturated carbocycles. The molecule has 4 nitrogen and oxygen atoms in total. The Morgan fingerprint density at radius 1 is 1.03 bits per heavy atom. The van der Waals surface area contributed by atoms with Crippen molar-refractivity contribution in [2.24, 2.45) is 0 Å². The average Bonchev–Trinajstić information content (AvgIpc) is 2.70. The first kappa shape index (κ1) is 20.6. The third-order valence-electron chi connectivity index (χ3n) is 4.86. The summed E-state index contributed by atoms with van der Waals surface area (Å²) < 4.78 is 0. The van der Waals surface area contributed by atoms with Crippen LogP contribution in [0, 0.1) is 39.0 Å². The molecule has 5 heteroatoms. The molecule has 3 aromatic rings. The van der Waals surface area contributed by atoms with Crippen molar-refractivity contribution in [1.29, 1.82) is 5.26 Å². The van der Waals surface area contributed by atoms with Gasteiger partial charge in [0.05, 0.1) is 5.56 Å². The Balaban J connectivity index is 2.00. The molecule has 0 aliphatic carbocycles. The number of carbonyl (C=O) groups excluding carboxylic acids is 1. The van der Waals surface area contributed by atoms with Gasteiger partial charge in [-0.2, -0.15) is 5.26 Å². The number of thioether (sulfide) groups is 1. The Bertz CT molecular complexity index is 1090. The first-order valence-electron chi connectivity index (χ1n) is 9.37. The average molecular weight is 402 g/mol. The Morgan fingerprint density at radius 3 is 2.45 bits per heavy atom. The number of pyridine rings is 1. The summed E-state index contributed by atoms with van der Waals surface area (Å²) in [6.45, 7) is 7.80. The smallest absolute Gasteiger partial charge is 0.242 e. The monoisotopic (exact) mass is 401 g/mol. The number of rotatable bonds is 5. The topological polar surface area (TPSA) is 65.8 Å². The van der Waals surface area contributed by atoms with E-state index in [1.807, 2.05) is 82.3 Å². The van der Waals surface area contributed by atoms with E-state index < -0.39 is 5.25 Å². The number of aromatic nitrogens is 1. The fraction of sp³-hybridized carbons (Fsp3) is 0.208. The van der Waals surface area contributed by atoms with E-state index in [4.69, 9.17) is 0 Å². The fourth-order valence-corrected chi connectivity index (χ4v) is 4.32. The van der Waals surface area contributed by atoms with Gasteiger partial charge in [-0.3, -0.25) is 4.79 Å². The van der Waals surface area contributed by atoms with Gasteiger partial charge in [-0.05, 0) is 62.1 Å². The lowest BCUT2D eigenvalue weighted by Gasteiger charge is -2.19. The van der Waals surface area contributed by atoms with Gasteiger partial charge in [0.1, 0.15) is 16.3 Å². The molecule has 0 spiro atoms. The van der Waals surface area contributed by atoms with Crippen LogP contribution in [-0.4, -0.2) is 10.9 Å². The van der Waals surface area contributed by atoms with E-state index in [2.05, 4.69) is 16.4 Å². The van der Waals surface area contributed by atoms with Gasteiger partial charge in [0, 0.05) is 11.4 Å². The summed E-state index contributed by atoms with van der Waals surface area (Å²) in [7, 11) is 0. The number of nitrogens with one attached hydrogen (secondary N) is 1. The second-order valence-electron chi connectivity index (χ2n) is 7.02. The van der Waals surface area contributed by atoms with E-state index in [9.17, 15) is 10.1 Å². The third kappa shape index (κ3) is 4.67. The standard InChI is InChI=1S/C24H23N3OS/c1-15-9-8-12-21(18(15)4)27-23(28)22(19-10-6-5-7-11-19)29-24-20(14-25)16(2)13-17(3)26-24/h5-13,22H,1-4H3,(H,27,28)/t22-/m1/s1. The third-order valence-corrected chi connectivity index (χ3v) is 6.10. The summed E-state index contributed by atoms with van der Waals surface area (Å²) in [4.78, 5) is 17.9. The predicted octanol–water partition coefficient (Wildman–Crippen LogP) is 5.66. The van der Waals surface area contributed by atoms with Crippen LogP contribution < -0.4 is 5.32 Å². The largest absolute Gasteiger partial charge is 0.325 e. The van der Waals surface area contributed by atoms with E-state index in [0.717, 1.165) is 33.6 Å². The number of hydrogen-bond acceptors (Lipinski definition) is 4. The van der Waals surface area contributed by atoms with Gasteiger partial charge in [0.25, 0.3) is 0 Å². The summed E-state index contributed by atoms with van der Waals surface area (Å²) in [6, 6.07) is 19.6. The van der Waals surface area contributed by atoms with Crippen molar-refractivity contribution in [2.45, 2.75) is 38.0 Å². The molecule has 146 valence electrons. The van der Waals surface area contributed by atoms with Gasteiger partial charge in [0.15, 0.2) is 0 Å². The van der Waals surface area contributed by atoms with Crippen LogP contribution in [0.1, 0.15) is 38.8 Å². The number of nitriles is 1. The second kappa shape index (κ2) is 8.93. The van der Waals surface area contributed by atoms with Gasteiger partial charge in [-0.25, -0.2) is 4.98 Å². The molecule has 3 rings (SSSR count). The molecule has 1 N–H and O–H groups in total. The maximum absolute atomic E-state index is 13.3. The number of amides is 1. The van der Waals surface area contributed by atoms with Crippen LogP contribution in [0.15, 0.2) is 59.6 Å². The number of nitrogens with zero attached hydrogens (tertiary/aromatic N) is 2. The van der Waals surface area contributed by atoms with Crippen molar-refractivity contribution >= 4 is 23.4 Å². The SMILES string of the molecule is Cc1cc(C)c(C#N)c(S[C@@H](C(=O)Nc2cccc(C)c2C)c2ccccc2)n1. The zero-order valence-electron chi connectivity index (χ0n) is 17.0. The van der Waals surface area contributed by atoms with E-state index >= 15 is 0 Å². The summed E-state index contributed by atoms with van der Waals surface area (Å²) in [5.41, 5.74) is 6.03. The van der Waals surface area contributed by atoms with Gasteiger partial charge in [0.2, 0.25) is 5.91 Å². The van der Waals surface area contributed by atoms with Gasteiger partial charge in [-0.1, -0.05) is 54.2 Å². The van der Waals surface area contributed by atoms with Gasteiger partial charge < -0.3 is 5.32 Å². The van der Waals surface area contributed by atoms with Crippen molar-refractivity contribution in [3.63, 3.8) is 0 Å². The van der Waals surface area contributed by atoms with Crippen LogP contribution in [0.25, 0.3) is 0 Å². The van der Waals surface area contributed by atoms with Crippen molar-refractivity contribution < 1.29 is 4.79 Å². The van der Waals surface area contributed by atoms with Crippen LogP contribution in [0.5, 0.6) is 0 Å². The fourth-order valence-electron chi connectivity index (χ4n) is 3.12. The number of anilines is 1. The Kier molecular flexibility index (Phi) is 6.36. The molecule has 2 aromatic carbocycles. The minimum absolute atomic E-state index is 0.139. The van der Waals surface area contributed by atoms with E-state index in [1.54, 1.807) is 0 Å². The zero-order valence-corrected chi connectivity index (χ0v) is 17.8. The van der Waals surface area contributed by atoms with Crippen LogP contribution >= 0.6 is 11.8 Å². The molecule has 29 heavy (non-hydrogen) atoms. The molecule has 0 saturated heterocycles. The maximum Gasteiger partial charge on any atom is 0.242 e. The molecule has 1 aromatic heterocycles. The molecule has 0 bridgehead atoms. The Morgan fingerprint density at radius 2 is 1.76 bits per heavy atom. The zero-order chi connectivity index (χ0) is 21.0. The Hall–Kier alpha value is -3.10. The van der Waals surface area contributed by atoms with Crippen LogP contribution in [-0.2, 0) is 4.79 Å². The van der Waals surface area contributed by atoms with Crippen LogP contribution in [0.2, 0.25) is 0 Å². The number of carbonyl (C=O) groups is 1. The first-order valence-corrected chi connectivity index (χ1v) is 10.3. The highest BCUT2D eigenvalue weighted by molar-refractivity contribution is 8.00. The first-order chi connectivity index (χ1) is 13.9. The number of aryl methyl sites for hydroxylation is 3. The molecule has 0 radical (unpaired) electrons. The van der Waals surface area contributed by atoms with Crippen molar-refractivity contribution in [1.82, 2.24) is 4.98 Å². The highest BCUT2D eigenvalue weighted by Crippen LogP contribution is 2.38. The summed E-state index contributed by atoms with van der Waals surface area (Å²) in [6.07, 6.45) is 0. The van der Waals surface area contributed by atoms with Crippen LogP contribution in [0.4, 0.5) is 5.69 Å². The van der Waals surface area contributed by atoms with E-state index in [0.29, 0.717) is 10.6 Å². The van der Waals surface area contributed by atoms with Crippen molar-refractivity contribution in [3.05, 3.63) is 88.1 Å². The summed E-state index contributed by atoms with van der Waals surface area (Å²) >= 11 is 1.31. The molecule has 1 atom stereocenters. The maximum atomic E-state index is 13.3. The number of hydrogen-bond donors (Lipinski definition) is 1. The second-order valence-corrected chi connectivity index (χ2v) is 8.11. The normalized spacial score (nSPS) is 11.6. The lowest BCUT2D eigenvalue weighted by molar-refractivity contribution is -0.115. The minimum Gasteiger partial charge on any atom is -0.325 e. The highest BCUT2D eigenvalue weighted by atomic mass is 32.2. The van der Waals surface area contributed by atoms with Gasteiger partial charge in [-0.15, -0.1) is 0 Å². The van der Waals surface area contributed by atoms with Crippen molar-refractivity contribution in [2.75, 3.05) is 5.32 Å². The van der Waals surface area contributed by atoms with Crippen LogP contribution in [0.3, 0.4) is 0 Å². The molecule has 1 amide bonds. The Labute approximate surface area is 176 Å². The lowest BCUT2D eigenvalue weighted by Crippen LogP contribution is -2.20. The van der Waals surface area contributed by atoms with E-state index in [1.165, 1.54) is 11.8 Å². The van der Waals surface area contributed by atoms with E-state index in [-0.39, 0.29) is 5.91 Å². The molecular weight excluding hydrogens is 378 g/mol. The molecule has 0 fully saturated rings. The predicted molar refractivity (Wildman–Crippen MR) is 118 cm³/mol. The lowest BCUT2D eigenvalue weighted by atomic mass is 10.1. The quantitative estimate of drug-likeness (QED) is 0.560. The summed E-state index contributed by atoms with van der Waals surface area (Å²) in [5, 5.41) is 12.7. The van der Waals surface area contributed by atoms with Crippen molar-refractivity contribution in [3.8, 4) is 6.07 Å². The molecule has 0 aliphatic rings. The highest BCUT2D eigenvalue weighted by Gasteiger charge is 2.25. The molecule has 0 aliphatic heterocycles.